The Morgan fingerprint density at radius 3 is 2.64 bits per heavy atom. The van der Waals surface area contributed by atoms with Gasteiger partial charge in [0.25, 0.3) is 0 Å². The molecule has 1 unspecified atom stereocenters. The van der Waals surface area contributed by atoms with Gasteiger partial charge in [-0.1, -0.05) is 23.5 Å². The van der Waals surface area contributed by atoms with E-state index in [1.165, 1.54) is 23.5 Å². The number of nitrogens with one attached hydrogen (secondary N) is 1. The number of hydrogen-bond acceptors (Lipinski definition) is 5. The molecule has 0 fully saturated rings. The maximum absolute atomic E-state index is 13.3. The topological polar surface area (TPSA) is 63.8 Å². The minimum Gasteiger partial charge on any atom is -0.360 e. The van der Waals surface area contributed by atoms with Crippen molar-refractivity contribution in [3.8, 4) is 10.4 Å². The zero-order valence-corrected chi connectivity index (χ0v) is 15.7. The van der Waals surface area contributed by atoms with E-state index in [-0.39, 0.29) is 6.04 Å². The average molecular weight is 396 g/mol. The first-order valence-corrected chi connectivity index (χ1v) is 9.63. The Balaban J connectivity index is 1.40. The van der Waals surface area contributed by atoms with Crippen LogP contribution in [0.4, 0.5) is 13.9 Å². The third-order valence-electron chi connectivity index (χ3n) is 4.37. The van der Waals surface area contributed by atoms with E-state index in [1.54, 1.807) is 6.20 Å². The Morgan fingerprint density at radius 1 is 1.00 bits per heavy atom. The smallest absolute Gasteiger partial charge is 0.183 e. The Labute approximate surface area is 165 Å². The molecule has 28 heavy (non-hydrogen) atoms. The highest BCUT2D eigenvalue weighted by Crippen LogP contribution is 2.30. The van der Waals surface area contributed by atoms with Crippen LogP contribution >= 0.6 is 11.3 Å². The summed E-state index contributed by atoms with van der Waals surface area (Å²) in [5.41, 5.74) is 7.72. The molecule has 4 nitrogen and oxygen atoms in total. The van der Waals surface area contributed by atoms with E-state index >= 15 is 0 Å². The van der Waals surface area contributed by atoms with E-state index in [0.717, 1.165) is 32.4 Å². The molecule has 7 heteroatoms. The molecule has 0 spiro atoms. The van der Waals surface area contributed by atoms with E-state index in [4.69, 9.17) is 5.73 Å². The molecule has 142 valence electrons. The quantitative estimate of drug-likeness (QED) is 0.499. The molecule has 4 aromatic rings. The normalized spacial score (nSPS) is 12.2. The molecule has 0 saturated heterocycles. The number of rotatable bonds is 6. The molecule has 0 aliphatic carbocycles. The van der Waals surface area contributed by atoms with Crippen LogP contribution in [0.25, 0.3) is 21.2 Å². The fourth-order valence-electron chi connectivity index (χ4n) is 3.05. The Morgan fingerprint density at radius 2 is 1.82 bits per heavy atom. The van der Waals surface area contributed by atoms with Crippen molar-refractivity contribution in [3.05, 3.63) is 78.3 Å². The van der Waals surface area contributed by atoms with Crippen molar-refractivity contribution < 1.29 is 8.78 Å². The van der Waals surface area contributed by atoms with Crippen molar-refractivity contribution in [2.24, 2.45) is 5.73 Å². The van der Waals surface area contributed by atoms with Gasteiger partial charge in [0.05, 0.1) is 4.88 Å². The highest BCUT2D eigenvalue weighted by molar-refractivity contribution is 7.18. The van der Waals surface area contributed by atoms with Gasteiger partial charge in [-0.2, -0.15) is 0 Å². The molecule has 4 rings (SSSR count). The summed E-state index contributed by atoms with van der Waals surface area (Å²) in [5, 5.41) is 6.18. The summed E-state index contributed by atoms with van der Waals surface area (Å²) in [6, 6.07) is 11.4. The van der Waals surface area contributed by atoms with E-state index in [2.05, 4.69) is 21.4 Å². The number of pyridine rings is 1. The molecule has 0 bridgehead atoms. The van der Waals surface area contributed by atoms with Gasteiger partial charge in [-0.25, -0.2) is 13.8 Å². The second-order valence-corrected chi connectivity index (χ2v) is 7.62. The third-order valence-corrected chi connectivity index (χ3v) is 5.37. The molecular weight excluding hydrogens is 378 g/mol. The molecule has 2 aromatic heterocycles. The van der Waals surface area contributed by atoms with Gasteiger partial charge in [-0.3, -0.25) is 4.98 Å². The second kappa shape index (κ2) is 8.00. The van der Waals surface area contributed by atoms with Gasteiger partial charge in [0.2, 0.25) is 0 Å². The summed E-state index contributed by atoms with van der Waals surface area (Å²) in [6.45, 7) is 0.453. The lowest BCUT2D eigenvalue weighted by Crippen LogP contribution is -2.31. The first-order chi connectivity index (χ1) is 13.6. The van der Waals surface area contributed by atoms with Crippen LogP contribution in [0, 0.1) is 11.6 Å². The number of hydrogen-bond donors (Lipinski definition) is 2. The van der Waals surface area contributed by atoms with Crippen molar-refractivity contribution >= 4 is 27.2 Å². The summed E-state index contributed by atoms with van der Waals surface area (Å²) in [7, 11) is 0. The fraction of sp³-hybridized carbons (Fsp3) is 0.143. The molecule has 0 saturated carbocycles. The SMILES string of the molecule is NC(CNc1ncc(-c2ccc3cnccc3c2)s1)Cc1cc(F)cc(F)c1. The highest BCUT2D eigenvalue weighted by Gasteiger charge is 2.10. The van der Waals surface area contributed by atoms with Crippen molar-refractivity contribution in [2.75, 3.05) is 11.9 Å². The van der Waals surface area contributed by atoms with Crippen LogP contribution in [0.1, 0.15) is 5.56 Å². The first-order valence-electron chi connectivity index (χ1n) is 8.81. The zero-order valence-electron chi connectivity index (χ0n) is 14.9. The van der Waals surface area contributed by atoms with Gasteiger partial charge >= 0.3 is 0 Å². The number of thiazole rings is 1. The molecule has 2 heterocycles. The third kappa shape index (κ3) is 4.32. The van der Waals surface area contributed by atoms with E-state index in [0.29, 0.717) is 18.5 Å². The largest absolute Gasteiger partial charge is 0.360 e. The summed E-state index contributed by atoms with van der Waals surface area (Å²) in [5.74, 6) is -1.18. The number of benzene rings is 2. The minimum absolute atomic E-state index is 0.290. The summed E-state index contributed by atoms with van der Waals surface area (Å²) >= 11 is 1.53. The Kier molecular flexibility index (Phi) is 5.27. The van der Waals surface area contributed by atoms with Crippen molar-refractivity contribution in [1.82, 2.24) is 9.97 Å². The van der Waals surface area contributed by atoms with Gasteiger partial charge in [0.1, 0.15) is 11.6 Å². The van der Waals surface area contributed by atoms with Crippen LogP contribution < -0.4 is 11.1 Å². The lowest BCUT2D eigenvalue weighted by molar-refractivity contribution is 0.576. The van der Waals surface area contributed by atoms with Crippen LogP contribution in [0.2, 0.25) is 0 Å². The molecule has 1 atom stereocenters. The molecule has 3 N–H and O–H groups in total. The lowest BCUT2D eigenvalue weighted by Gasteiger charge is -2.12. The summed E-state index contributed by atoms with van der Waals surface area (Å²) < 4.78 is 26.6. The summed E-state index contributed by atoms with van der Waals surface area (Å²) in [6.07, 6.45) is 5.81. The predicted molar refractivity (Wildman–Crippen MR) is 109 cm³/mol. The zero-order chi connectivity index (χ0) is 19.5. The van der Waals surface area contributed by atoms with Gasteiger partial charge in [-0.15, -0.1) is 0 Å². The number of halogens is 2. The molecule has 0 aliphatic rings. The van der Waals surface area contributed by atoms with E-state index in [1.807, 2.05) is 30.6 Å². The Bertz CT molecular complexity index is 1090. The van der Waals surface area contributed by atoms with Gasteiger partial charge in [0, 0.05) is 42.6 Å². The second-order valence-electron chi connectivity index (χ2n) is 6.59. The standard InChI is InChI=1S/C21H18F2N4S/c22-17-5-13(6-18(23)9-17)7-19(24)11-26-21-27-12-20(28-21)15-1-2-16-10-25-4-3-14(16)8-15/h1-6,8-10,12,19H,7,11,24H2,(H,26,27). The van der Waals surface area contributed by atoms with Crippen molar-refractivity contribution in [2.45, 2.75) is 12.5 Å². The van der Waals surface area contributed by atoms with Gasteiger partial charge < -0.3 is 11.1 Å². The van der Waals surface area contributed by atoms with Crippen molar-refractivity contribution in [1.29, 1.82) is 0 Å². The van der Waals surface area contributed by atoms with Gasteiger partial charge in [0.15, 0.2) is 5.13 Å². The Hall–Kier alpha value is -2.90. The maximum Gasteiger partial charge on any atom is 0.183 e. The predicted octanol–water partition coefficient (Wildman–Crippen LogP) is 4.62. The molecule has 0 amide bonds. The van der Waals surface area contributed by atoms with Crippen molar-refractivity contribution in [3.63, 3.8) is 0 Å². The first kappa shape index (κ1) is 18.5. The number of fused-ring (bicyclic) bond motifs is 1. The highest BCUT2D eigenvalue weighted by atomic mass is 32.1. The molecule has 2 aromatic carbocycles. The van der Waals surface area contributed by atoms with E-state index in [9.17, 15) is 8.78 Å². The monoisotopic (exact) mass is 396 g/mol. The van der Waals surface area contributed by atoms with Crippen LogP contribution in [0.5, 0.6) is 0 Å². The molecular formula is C21H18F2N4S. The lowest BCUT2D eigenvalue weighted by atomic mass is 10.1. The molecule has 0 aliphatic heterocycles. The van der Waals surface area contributed by atoms with Crippen LogP contribution in [-0.4, -0.2) is 22.6 Å². The van der Waals surface area contributed by atoms with Crippen LogP contribution in [0.3, 0.4) is 0 Å². The number of anilines is 1. The van der Waals surface area contributed by atoms with E-state index < -0.39 is 11.6 Å². The average Bonchev–Trinajstić information content (AvgIpc) is 3.14. The fourth-order valence-corrected chi connectivity index (χ4v) is 3.87. The molecule has 0 radical (unpaired) electrons. The van der Waals surface area contributed by atoms with Gasteiger partial charge in [-0.05, 0) is 47.2 Å². The van der Waals surface area contributed by atoms with Crippen LogP contribution in [0.15, 0.2) is 61.1 Å². The number of nitrogens with zero attached hydrogens (tertiary/aromatic N) is 2. The summed E-state index contributed by atoms with van der Waals surface area (Å²) in [4.78, 5) is 9.57. The van der Waals surface area contributed by atoms with Crippen LogP contribution in [-0.2, 0) is 6.42 Å². The minimum atomic E-state index is -0.592. The number of nitrogens with two attached hydrogens (primary N) is 1. The maximum atomic E-state index is 13.3. The number of aromatic nitrogens is 2.